The summed E-state index contributed by atoms with van der Waals surface area (Å²) < 4.78 is 20.4. The zero-order valence-electron chi connectivity index (χ0n) is 17.8. The van der Waals surface area contributed by atoms with E-state index in [1.54, 1.807) is 30.5 Å². The predicted octanol–water partition coefficient (Wildman–Crippen LogP) is 3.64. The van der Waals surface area contributed by atoms with Gasteiger partial charge in [0.2, 0.25) is 0 Å². The molecule has 0 aliphatic carbocycles. The van der Waals surface area contributed by atoms with Crippen LogP contribution in [0, 0.1) is 18.2 Å². The summed E-state index contributed by atoms with van der Waals surface area (Å²) in [6.07, 6.45) is 5.91. The Kier molecular flexibility index (Phi) is 7.00. The molecule has 1 N–H and O–H groups in total. The number of terminal acetylenes is 1. The van der Waals surface area contributed by atoms with Crippen molar-refractivity contribution in [3.8, 4) is 18.1 Å². The number of benzene rings is 2. The van der Waals surface area contributed by atoms with Crippen molar-refractivity contribution in [2.24, 2.45) is 0 Å². The van der Waals surface area contributed by atoms with Gasteiger partial charge in [-0.15, -0.1) is 6.42 Å². The topological polar surface area (TPSA) is 48.8 Å². The van der Waals surface area contributed by atoms with Crippen LogP contribution in [-0.4, -0.2) is 47.8 Å². The number of nitrogens with zero attached hydrogens (tertiary/aromatic N) is 3. The van der Waals surface area contributed by atoms with Crippen LogP contribution in [0.1, 0.15) is 22.9 Å². The van der Waals surface area contributed by atoms with Gasteiger partial charge in [-0.2, -0.15) is 0 Å². The van der Waals surface area contributed by atoms with Crippen LogP contribution in [0.15, 0.2) is 66.9 Å². The normalized spacial score (nSPS) is 15.2. The highest BCUT2D eigenvalue weighted by Gasteiger charge is 2.25. The number of hydrogen-bond acceptors (Lipinski definition) is 5. The largest absolute Gasteiger partial charge is 0.481 e. The third-order valence-corrected chi connectivity index (χ3v) is 5.60. The average molecular weight is 432 g/mol. The maximum absolute atomic E-state index is 14.9. The minimum atomic E-state index is -0.981. The third kappa shape index (κ3) is 5.08. The number of piperazine rings is 1. The third-order valence-electron chi connectivity index (χ3n) is 5.60. The van der Waals surface area contributed by atoms with E-state index in [0.717, 1.165) is 30.9 Å². The maximum atomic E-state index is 14.9. The minimum absolute atomic E-state index is 0.247. The van der Waals surface area contributed by atoms with Gasteiger partial charge in [0.05, 0.1) is 11.4 Å². The molecule has 0 radical (unpaired) electrons. The minimum Gasteiger partial charge on any atom is -0.481 e. The highest BCUT2D eigenvalue weighted by atomic mass is 19.1. The van der Waals surface area contributed by atoms with Crippen LogP contribution in [0.2, 0.25) is 0 Å². The summed E-state index contributed by atoms with van der Waals surface area (Å²) in [5.74, 6) is 2.91. The molecule has 32 heavy (non-hydrogen) atoms. The zero-order valence-corrected chi connectivity index (χ0v) is 17.8. The molecule has 164 valence electrons. The SMILES string of the molecule is C#CCOc1cccc(CN2CCN(c3c(F)cccc3[C@@H](O)c3ccccn3)CC2)c1. The van der Waals surface area contributed by atoms with E-state index in [9.17, 15) is 9.50 Å². The summed E-state index contributed by atoms with van der Waals surface area (Å²) in [5.41, 5.74) is 2.64. The van der Waals surface area contributed by atoms with E-state index in [1.165, 1.54) is 6.07 Å². The summed E-state index contributed by atoms with van der Waals surface area (Å²) in [4.78, 5) is 8.57. The molecule has 1 atom stereocenters. The Morgan fingerprint density at radius 2 is 1.88 bits per heavy atom. The lowest BCUT2D eigenvalue weighted by Crippen LogP contribution is -2.46. The van der Waals surface area contributed by atoms with E-state index < -0.39 is 6.10 Å². The van der Waals surface area contributed by atoms with Gasteiger partial charge in [-0.05, 0) is 35.9 Å². The molecule has 6 heteroatoms. The molecule has 1 aliphatic rings. The Morgan fingerprint density at radius 1 is 1.06 bits per heavy atom. The quantitative estimate of drug-likeness (QED) is 0.579. The Labute approximate surface area is 188 Å². The lowest BCUT2D eigenvalue weighted by Gasteiger charge is -2.37. The molecule has 1 aliphatic heterocycles. The fraction of sp³-hybridized carbons (Fsp3) is 0.269. The summed E-state index contributed by atoms with van der Waals surface area (Å²) in [6, 6.07) is 18.1. The number of halogens is 1. The van der Waals surface area contributed by atoms with Crippen LogP contribution in [0.4, 0.5) is 10.1 Å². The molecule has 1 fully saturated rings. The van der Waals surface area contributed by atoms with Gasteiger partial charge < -0.3 is 14.7 Å². The van der Waals surface area contributed by atoms with Crippen molar-refractivity contribution >= 4 is 5.69 Å². The molecule has 0 unspecified atom stereocenters. The lowest BCUT2D eigenvalue weighted by molar-refractivity contribution is 0.213. The van der Waals surface area contributed by atoms with Crippen molar-refractivity contribution < 1.29 is 14.2 Å². The molecule has 0 amide bonds. The van der Waals surface area contributed by atoms with Crippen molar-refractivity contribution in [1.82, 2.24) is 9.88 Å². The number of ether oxygens (including phenoxy) is 1. The van der Waals surface area contributed by atoms with Crippen LogP contribution in [-0.2, 0) is 6.54 Å². The molecule has 2 heterocycles. The summed E-state index contributed by atoms with van der Waals surface area (Å²) >= 11 is 0. The van der Waals surface area contributed by atoms with Gasteiger partial charge in [-0.3, -0.25) is 9.88 Å². The lowest BCUT2D eigenvalue weighted by atomic mass is 10.0. The van der Waals surface area contributed by atoms with E-state index in [4.69, 9.17) is 11.2 Å². The van der Waals surface area contributed by atoms with Gasteiger partial charge in [0, 0.05) is 44.5 Å². The molecule has 3 aromatic rings. The molecule has 5 nitrogen and oxygen atoms in total. The summed E-state index contributed by atoms with van der Waals surface area (Å²) in [6.45, 7) is 3.91. The van der Waals surface area contributed by atoms with E-state index in [1.807, 2.05) is 29.2 Å². The second-order valence-corrected chi connectivity index (χ2v) is 7.74. The van der Waals surface area contributed by atoms with E-state index in [2.05, 4.69) is 21.9 Å². The fourth-order valence-electron chi connectivity index (χ4n) is 4.03. The Balaban J connectivity index is 1.44. The molecule has 2 aromatic carbocycles. The first-order valence-corrected chi connectivity index (χ1v) is 10.7. The Morgan fingerprint density at radius 3 is 2.62 bits per heavy atom. The van der Waals surface area contributed by atoms with Crippen molar-refractivity contribution in [3.63, 3.8) is 0 Å². The predicted molar refractivity (Wildman–Crippen MR) is 123 cm³/mol. The van der Waals surface area contributed by atoms with Gasteiger partial charge in [-0.25, -0.2) is 4.39 Å². The van der Waals surface area contributed by atoms with Crippen LogP contribution in [0.5, 0.6) is 5.75 Å². The number of hydrogen-bond donors (Lipinski definition) is 1. The van der Waals surface area contributed by atoms with Crippen LogP contribution in [0.25, 0.3) is 0 Å². The van der Waals surface area contributed by atoms with Crippen molar-refractivity contribution in [1.29, 1.82) is 0 Å². The van der Waals surface area contributed by atoms with Gasteiger partial charge in [0.1, 0.15) is 24.3 Å². The van der Waals surface area contributed by atoms with Gasteiger partial charge in [0.25, 0.3) is 0 Å². The molecule has 1 aromatic heterocycles. The Bertz CT molecular complexity index is 1080. The molecule has 4 rings (SSSR count). The first-order chi connectivity index (χ1) is 15.7. The molecular weight excluding hydrogens is 405 g/mol. The second-order valence-electron chi connectivity index (χ2n) is 7.74. The first kappa shape index (κ1) is 21.8. The van der Waals surface area contributed by atoms with Crippen molar-refractivity contribution in [3.05, 3.63) is 89.5 Å². The van der Waals surface area contributed by atoms with Crippen LogP contribution >= 0.6 is 0 Å². The monoisotopic (exact) mass is 431 g/mol. The highest BCUT2D eigenvalue weighted by Crippen LogP contribution is 2.33. The number of aliphatic hydroxyl groups is 1. The van der Waals surface area contributed by atoms with E-state index in [0.29, 0.717) is 30.0 Å². The van der Waals surface area contributed by atoms with E-state index in [-0.39, 0.29) is 12.4 Å². The standard InChI is InChI=1S/C26H26FN3O2/c1-2-17-32-21-8-5-7-20(18-21)19-29-13-15-30(16-14-29)25-22(9-6-10-23(25)27)26(31)24-11-3-4-12-28-24/h1,3-12,18,26,31H,13-17,19H2/t26-/m1/s1. The molecule has 0 bridgehead atoms. The first-order valence-electron chi connectivity index (χ1n) is 10.7. The highest BCUT2D eigenvalue weighted by molar-refractivity contribution is 5.57. The molecular formula is C26H26FN3O2. The van der Waals surface area contributed by atoms with Crippen molar-refractivity contribution in [2.75, 3.05) is 37.7 Å². The van der Waals surface area contributed by atoms with Crippen LogP contribution < -0.4 is 9.64 Å². The number of anilines is 1. The van der Waals surface area contributed by atoms with Gasteiger partial charge in [-0.1, -0.05) is 36.3 Å². The maximum Gasteiger partial charge on any atom is 0.148 e. The molecule has 0 saturated carbocycles. The average Bonchev–Trinajstić information content (AvgIpc) is 2.83. The van der Waals surface area contributed by atoms with Crippen LogP contribution in [0.3, 0.4) is 0 Å². The Hall–Kier alpha value is -3.40. The summed E-state index contributed by atoms with van der Waals surface area (Å²) in [5, 5.41) is 10.9. The molecule has 1 saturated heterocycles. The number of rotatable bonds is 7. The number of pyridine rings is 1. The van der Waals surface area contributed by atoms with Gasteiger partial charge >= 0.3 is 0 Å². The number of aliphatic hydroxyl groups excluding tert-OH is 1. The zero-order chi connectivity index (χ0) is 22.3. The number of aromatic nitrogens is 1. The summed E-state index contributed by atoms with van der Waals surface area (Å²) in [7, 11) is 0. The smallest absolute Gasteiger partial charge is 0.148 e. The van der Waals surface area contributed by atoms with Crippen molar-refractivity contribution in [2.45, 2.75) is 12.6 Å². The number of para-hydroxylation sites is 1. The molecule has 0 spiro atoms. The second kappa shape index (κ2) is 10.3. The van der Waals surface area contributed by atoms with Gasteiger partial charge in [0.15, 0.2) is 0 Å². The fourth-order valence-corrected chi connectivity index (χ4v) is 4.03. The van der Waals surface area contributed by atoms with E-state index >= 15 is 0 Å².